The van der Waals surface area contributed by atoms with Gasteiger partial charge in [-0.2, -0.15) is 0 Å². The van der Waals surface area contributed by atoms with Gasteiger partial charge in [-0.1, -0.05) is 29.8 Å². The molecule has 30 heavy (non-hydrogen) atoms. The van der Waals surface area contributed by atoms with Gasteiger partial charge in [0.2, 0.25) is 11.8 Å². The lowest BCUT2D eigenvalue weighted by Crippen LogP contribution is -2.33. The number of carbonyl (C=O) groups excluding carboxylic acids is 3. The fraction of sp³-hybridized carbons (Fsp3) is 0.318. The van der Waals surface area contributed by atoms with Crippen LogP contribution in [0.25, 0.3) is 0 Å². The van der Waals surface area contributed by atoms with Gasteiger partial charge >= 0.3 is 0 Å². The second-order valence-electron chi connectivity index (χ2n) is 7.02. The van der Waals surface area contributed by atoms with E-state index in [-0.39, 0.29) is 24.3 Å². The van der Waals surface area contributed by atoms with Crippen molar-refractivity contribution >= 4 is 46.8 Å². The van der Waals surface area contributed by atoms with Gasteiger partial charge in [-0.05, 0) is 49.6 Å². The molecule has 0 atom stereocenters. The van der Waals surface area contributed by atoms with Crippen LogP contribution in [-0.2, 0) is 9.59 Å². The van der Waals surface area contributed by atoms with E-state index in [1.54, 1.807) is 30.3 Å². The van der Waals surface area contributed by atoms with E-state index in [1.807, 2.05) is 24.0 Å². The molecule has 3 amide bonds. The Morgan fingerprint density at radius 2 is 1.80 bits per heavy atom. The molecule has 1 heterocycles. The predicted octanol–water partition coefficient (Wildman–Crippen LogP) is 3.73. The number of benzene rings is 2. The molecule has 1 fully saturated rings. The maximum atomic E-state index is 12.6. The number of rotatable bonds is 7. The minimum Gasteiger partial charge on any atom is -0.343 e. The highest BCUT2D eigenvalue weighted by molar-refractivity contribution is 8.00. The predicted molar refractivity (Wildman–Crippen MR) is 120 cm³/mol. The average Bonchev–Trinajstić information content (AvgIpc) is 3.29. The van der Waals surface area contributed by atoms with Crippen molar-refractivity contribution in [2.24, 2.45) is 0 Å². The smallest absolute Gasteiger partial charge is 0.252 e. The van der Waals surface area contributed by atoms with E-state index in [0.717, 1.165) is 31.5 Å². The van der Waals surface area contributed by atoms with Crippen molar-refractivity contribution < 1.29 is 14.4 Å². The van der Waals surface area contributed by atoms with Crippen LogP contribution in [0.2, 0.25) is 5.02 Å². The summed E-state index contributed by atoms with van der Waals surface area (Å²) in [5, 5.41) is 5.96. The molecule has 0 radical (unpaired) electrons. The third-order valence-corrected chi connectivity index (χ3v) is 6.36. The van der Waals surface area contributed by atoms with E-state index in [0.29, 0.717) is 26.9 Å². The fourth-order valence-electron chi connectivity index (χ4n) is 3.17. The van der Waals surface area contributed by atoms with Crippen LogP contribution in [0.3, 0.4) is 0 Å². The van der Waals surface area contributed by atoms with E-state index in [4.69, 9.17) is 11.6 Å². The molecule has 0 bridgehead atoms. The maximum absolute atomic E-state index is 12.6. The molecule has 1 aliphatic heterocycles. The zero-order valence-electron chi connectivity index (χ0n) is 16.7. The molecule has 2 aromatic rings. The number of likely N-dealkylation sites (tertiary alicyclic amines) is 1. The van der Waals surface area contributed by atoms with Gasteiger partial charge in [0.15, 0.2) is 0 Å². The molecular weight excluding hydrogens is 422 g/mol. The van der Waals surface area contributed by atoms with Gasteiger partial charge in [0, 0.05) is 28.7 Å². The van der Waals surface area contributed by atoms with Crippen LogP contribution in [-0.4, -0.2) is 48.0 Å². The maximum Gasteiger partial charge on any atom is 0.252 e. The van der Waals surface area contributed by atoms with E-state index < -0.39 is 0 Å². The van der Waals surface area contributed by atoms with Crippen LogP contribution in [0, 0.1) is 6.92 Å². The highest BCUT2D eigenvalue weighted by atomic mass is 35.5. The second-order valence-corrected chi connectivity index (χ2v) is 8.44. The minimum atomic E-state index is -0.357. The number of amides is 3. The number of thioether (sulfide) groups is 1. The lowest BCUT2D eigenvalue weighted by atomic mass is 10.2. The van der Waals surface area contributed by atoms with Gasteiger partial charge in [0.1, 0.15) is 0 Å². The van der Waals surface area contributed by atoms with E-state index in [9.17, 15) is 14.4 Å². The van der Waals surface area contributed by atoms with Gasteiger partial charge in [-0.15, -0.1) is 11.8 Å². The molecule has 0 aliphatic carbocycles. The summed E-state index contributed by atoms with van der Waals surface area (Å²) >= 11 is 7.41. The third kappa shape index (κ3) is 5.77. The minimum absolute atomic E-state index is 0.0870. The molecular formula is C22H24ClN3O3S. The van der Waals surface area contributed by atoms with Crippen molar-refractivity contribution in [2.45, 2.75) is 24.7 Å². The summed E-state index contributed by atoms with van der Waals surface area (Å²) in [6.07, 6.45) is 2.10. The van der Waals surface area contributed by atoms with Crippen LogP contribution in [0.1, 0.15) is 28.8 Å². The van der Waals surface area contributed by atoms with Crippen molar-refractivity contribution in [1.82, 2.24) is 10.2 Å². The Morgan fingerprint density at radius 3 is 2.57 bits per heavy atom. The molecule has 1 aliphatic rings. The molecule has 3 rings (SSSR count). The number of nitrogens with one attached hydrogen (secondary N) is 2. The van der Waals surface area contributed by atoms with Crippen LogP contribution in [0.5, 0.6) is 0 Å². The lowest BCUT2D eigenvalue weighted by molar-refractivity contribution is -0.127. The van der Waals surface area contributed by atoms with E-state index >= 15 is 0 Å². The summed E-state index contributed by atoms with van der Waals surface area (Å²) in [5.74, 6) is -0.324. The normalized spacial score (nSPS) is 13.2. The third-order valence-electron chi connectivity index (χ3n) is 4.89. The van der Waals surface area contributed by atoms with Crippen molar-refractivity contribution in [2.75, 3.05) is 30.7 Å². The van der Waals surface area contributed by atoms with Crippen LogP contribution >= 0.6 is 23.4 Å². The molecule has 158 valence electrons. The number of anilines is 1. The van der Waals surface area contributed by atoms with Crippen LogP contribution < -0.4 is 10.6 Å². The molecule has 2 N–H and O–H groups in total. The number of hydrogen-bond donors (Lipinski definition) is 2. The molecule has 2 aromatic carbocycles. The zero-order chi connectivity index (χ0) is 21.5. The first-order valence-corrected chi connectivity index (χ1v) is 11.1. The molecule has 8 heteroatoms. The monoisotopic (exact) mass is 445 g/mol. The Kier molecular flexibility index (Phi) is 7.76. The summed E-state index contributed by atoms with van der Waals surface area (Å²) in [4.78, 5) is 39.7. The van der Waals surface area contributed by atoms with Gasteiger partial charge in [0.05, 0.1) is 17.9 Å². The standard InChI is InChI=1S/C22H24ClN3O3S/c1-15-17(23)8-6-9-18(15)25-20(27)13-24-22(29)16-7-2-3-10-19(16)30-14-21(28)26-11-4-5-12-26/h2-3,6-10H,4-5,11-14H2,1H3,(H,24,29)(H,25,27). The summed E-state index contributed by atoms with van der Waals surface area (Å²) in [7, 11) is 0. The number of nitrogens with zero attached hydrogens (tertiary/aromatic N) is 1. The van der Waals surface area contributed by atoms with E-state index in [1.165, 1.54) is 11.8 Å². The highest BCUT2D eigenvalue weighted by Gasteiger charge is 2.19. The molecule has 0 spiro atoms. The highest BCUT2D eigenvalue weighted by Crippen LogP contribution is 2.24. The number of hydrogen-bond acceptors (Lipinski definition) is 4. The second kappa shape index (κ2) is 10.5. The zero-order valence-corrected chi connectivity index (χ0v) is 18.3. The summed E-state index contributed by atoms with van der Waals surface area (Å²) < 4.78 is 0. The van der Waals surface area contributed by atoms with Gasteiger partial charge in [0.25, 0.3) is 5.91 Å². The SMILES string of the molecule is Cc1c(Cl)cccc1NC(=O)CNC(=O)c1ccccc1SCC(=O)N1CCCC1. The first kappa shape index (κ1) is 22.2. The Hall–Kier alpha value is -2.51. The molecule has 0 saturated carbocycles. The number of halogens is 1. The topological polar surface area (TPSA) is 78.5 Å². The Morgan fingerprint density at radius 1 is 1.07 bits per heavy atom. The van der Waals surface area contributed by atoms with Crippen LogP contribution in [0.4, 0.5) is 5.69 Å². The Balaban J connectivity index is 1.55. The van der Waals surface area contributed by atoms with Gasteiger partial charge in [-0.3, -0.25) is 14.4 Å². The molecule has 0 aromatic heterocycles. The lowest BCUT2D eigenvalue weighted by Gasteiger charge is -2.15. The average molecular weight is 446 g/mol. The molecule has 0 unspecified atom stereocenters. The van der Waals surface area contributed by atoms with Gasteiger partial charge < -0.3 is 15.5 Å². The van der Waals surface area contributed by atoms with Crippen molar-refractivity contribution in [3.05, 3.63) is 58.6 Å². The number of carbonyl (C=O) groups is 3. The van der Waals surface area contributed by atoms with Crippen molar-refractivity contribution in [3.8, 4) is 0 Å². The Bertz CT molecular complexity index is 945. The van der Waals surface area contributed by atoms with Gasteiger partial charge in [-0.25, -0.2) is 0 Å². The summed E-state index contributed by atoms with van der Waals surface area (Å²) in [6.45, 7) is 3.26. The quantitative estimate of drug-likeness (QED) is 0.636. The van der Waals surface area contributed by atoms with E-state index in [2.05, 4.69) is 10.6 Å². The fourth-order valence-corrected chi connectivity index (χ4v) is 4.30. The van der Waals surface area contributed by atoms with Crippen molar-refractivity contribution in [3.63, 3.8) is 0 Å². The summed E-state index contributed by atoms with van der Waals surface area (Å²) in [5.41, 5.74) is 1.82. The Labute approximate surface area is 185 Å². The van der Waals surface area contributed by atoms with Crippen molar-refractivity contribution in [1.29, 1.82) is 0 Å². The first-order chi connectivity index (χ1) is 14.5. The largest absolute Gasteiger partial charge is 0.343 e. The van der Waals surface area contributed by atoms with Crippen LogP contribution in [0.15, 0.2) is 47.4 Å². The molecule has 1 saturated heterocycles. The molecule has 6 nitrogen and oxygen atoms in total. The first-order valence-electron chi connectivity index (χ1n) is 9.78. The summed E-state index contributed by atoms with van der Waals surface area (Å²) in [6, 6.07) is 12.3.